The van der Waals surface area contributed by atoms with E-state index in [1.165, 1.54) is 18.2 Å². The van der Waals surface area contributed by atoms with Crippen molar-refractivity contribution in [3.8, 4) is 0 Å². The Labute approximate surface area is 241 Å². The van der Waals surface area contributed by atoms with Gasteiger partial charge >= 0.3 is 5.97 Å². The van der Waals surface area contributed by atoms with Gasteiger partial charge in [0.15, 0.2) is 5.41 Å². The molecule has 2 atom stereocenters. The number of methoxy groups -OCH3 is 1. The van der Waals surface area contributed by atoms with E-state index in [-0.39, 0.29) is 23.7 Å². The van der Waals surface area contributed by atoms with Gasteiger partial charge in [0.05, 0.1) is 0 Å². The van der Waals surface area contributed by atoms with E-state index in [4.69, 9.17) is 4.74 Å². The quantitative estimate of drug-likeness (QED) is 0.185. The Morgan fingerprint density at radius 2 is 1.82 bits per heavy atom. The molecular formula is C30H51N3O5S. The van der Waals surface area contributed by atoms with E-state index in [1.54, 1.807) is 13.2 Å². The highest BCUT2D eigenvalue weighted by Crippen LogP contribution is 2.32. The maximum atomic E-state index is 13.9. The normalized spacial score (nSPS) is 16.6. The number of hydrogen-bond donors (Lipinski definition) is 3. The second kappa shape index (κ2) is 16.9. The van der Waals surface area contributed by atoms with E-state index in [9.17, 15) is 19.5 Å². The van der Waals surface area contributed by atoms with E-state index in [0.717, 1.165) is 43.5 Å². The minimum Gasteiger partial charge on any atom is -0.480 e. The maximum Gasteiger partial charge on any atom is 0.319 e. The van der Waals surface area contributed by atoms with Crippen LogP contribution in [0.3, 0.4) is 0 Å². The molecule has 2 rings (SSSR count). The number of carbonyl (C=O) groups excluding carboxylic acids is 2. The van der Waals surface area contributed by atoms with Crippen molar-refractivity contribution < 1.29 is 24.2 Å². The van der Waals surface area contributed by atoms with Gasteiger partial charge in [-0.05, 0) is 84.0 Å². The molecule has 39 heavy (non-hydrogen) atoms. The van der Waals surface area contributed by atoms with Crippen LogP contribution in [0.15, 0.2) is 12.1 Å². The van der Waals surface area contributed by atoms with Gasteiger partial charge in [-0.25, -0.2) is 0 Å². The first-order chi connectivity index (χ1) is 18.4. The molecule has 1 fully saturated rings. The highest BCUT2D eigenvalue weighted by molar-refractivity contribution is 7.80. The lowest BCUT2D eigenvalue weighted by Gasteiger charge is -2.38. The minimum atomic E-state index is -1.69. The first kappa shape index (κ1) is 34.9. The van der Waals surface area contributed by atoms with Crippen LogP contribution in [0.2, 0.25) is 0 Å². The van der Waals surface area contributed by atoms with E-state index < -0.39 is 17.3 Å². The number of anilines is 1. The van der Waals surface area contributed by atoms with Crippen molar-refractivity contribution in [1.29, 1.82) is 0 Å². The number of rotatable bonds is 12. The lowest BCUT2D eigenvalue weighted by atomic mass is 9.90. The summed E-state index contributed by atoms with van der Waals surface area (Å²) in [4.78, 5) is 43.1. The van der Waals surface area contributed by atoms with Crippen LogP contribution >= 0.6 is 12.6 Å². The second-order valence-corrected chi connectivity index (χ2v) is 11.2. The van der Waals surface area contributed by atoms with Gasteiger partial charge in [-0.3, -0.25) is 14.4 Å². The van der Waals surface area contributed by atoms with Crippen LogP contribution in [0.4, 0.5) is 5.69 Å². The van der Waals surface area contributed by atoms with Crippen molar-refractivity contribution in [3.05, 3.63) is 28.8 Å². The van der Waals surface area contributed by atoms with Gasteiger partial charge in [0.2, 0.25) is 5.91 Å². The highest BCUT2D eigenvalue weighted by Gasteiger charge is 2.43. The van der Waals surface area contributed by atoms with E-state index in [1.807, 2.05) is 38.7 Å². The molecule has 9 heteroatoms. The molecule has 2 N–H and O–H groups in total. The monoisotopic (exact) mass is 565 g/mol. The number of aryl methyl sites for hydroxylation is 2. The summed E-state index contributed by atoms with van der Waals surface area (Å²) in [5, 5.41) is 13.3. The molecule has 0 aromatic heterocycles. The molecular weight excluding hydrogens is 514 g/mol. The Balaban J connectivity index is 0.00000242. The topological polar surface area (TPSA) is 99.2 Å². The van der Waals surface area contributed by atoms with Gasteiger partial charge < -0.3 is 25.0 Å². The lowest BCUT2D eigenvalue weighted by molar-refractivity contribution is -0.152. The van der Waals surface area contributed by atoms with Crippen molar-refractivity contribution in [2.45, 2.75) is 92.7 Å². The average molecular weight is 566 g/mol. The van der Waals surface area contributed by atoms with Gasteiger partial charge in [0.25, 0.3) is 5.91 Å². The molecule has 1 heterocycles. The SMILES string of the molecule is CCC.COCCCCN(C(=O)C(C)(CS)C(=O)O)c1cc(C(=O)N(C(C)C)C2CCCNC2)c(C)cc1C. The van der Waals surface area contributed by atoms with Crippen LogP contribution in [-0.2, 0) is 14.3 Å². The molecule has 0 radical (unpaired) electrons. The molecule has 2 unspecified atom stereocenters. The highest BCUT2D eigenvalue weighted by atomic mass is 32.1. The van der Waals surface area contributed by atoms with Gasteiger partial charge in [0, 0.05) is 55.9 Å². The number of hydrogen-bond acceptors (Lipinski definition) is 6. The molecule has 1 aromatic rings. The zero-order valence-corrected chi connectivity index (χ0v) is 26.2. The summed E-state index contributed by atoms with van der Waals surface area (Å²) >= 11 is 4.20. The molecule has 2 amide bonds. The Morgan fingerprint density at radius 1 is 1.18 bits per heavy atom. The van der Waals surface area contributed by atoms with Crippen LogP contribution in [0, 0.1) is 19.3 Å². The third-order valence-electron chi connectivity index (χ3n) is 7.00. The van der Waals surface area contributed by atoms with Crippen molar-refractivity contribution in [2.75, 3.05) is 44.0 Å². The molecule has 0 aliphatic carbocycles. The van der Waals surface area contributed by atoms with E-state index in [2.05, 4.69) is 31.8 Å². The number of unbranched alkanes of at least 4 members (excludes halogenated alkanes) is 1. The summed E-state index contributed by atoms with van der Waals surface area (Å²) in [7, 11) is 1.62. The summed E-state index contributed by atoms with van der Waals surface area (Å²) in [6, 6.07) is 3.79. The van der Waals surface area contributed by atoms with Gasteiger partial charge in [-0.1, -0.05) is 26.3 Å². The number of nitrogens with zero attached hydrogens (tertiary/aromatic N) is 2. The average Bonchev–Trinajstić information content (AvgIpc) is 2.89. The number of carbonyl (C=O) groups is 3. The van der Waals surface area contributed by atoms with Gasteiger partial charge in [0.1, 0.15) is 0 Å². The number of nitrogens with one attached hydrogen (secondary N) is 1. The molecule has 0 spiro atoms. The number of ether oxygens (including phenoxy) is 1. The number of amides is 2. The van der Waals surface area contributed by atoms with Crippen LogP contribution in [0.25, 0.3) is 0 Å². The van der Waals surface area contributed by atoms with Crippen LogP contribution in [-0.4, -0.2) is 79.0 Å². The van der Waals surface area contributed by atoms with Crippen molar-refractivity contribution in [1.82, 2.24) is 10.2 Å². The Bertz CT molecular complexity index is 949. The fourth-order valence-electron chi connectivity index (χ4n) is 4.77. The largest absolute Gasteiger partial charge is 0.480 e. The van der Waals surface area contributed by atoms with Gasteiger partial charge in [-0.15, -0.1) is 0 Å². The summed E-state index contributed by atoms with van der Waals surface area (Å²) in [5.74, 6) is -1.96. The Kier molecular flexibility index (Phi) is 15.1. The smallest absolute Gasteiger partial charge is 0.319 e. The summed E-state index contributed by atoms with van der Waals surface area (Å²) in [6.07, 6.45) is 4.56. The van der Waals surface area contributed by atoms with Crippen molar-refractivity contribution in [2.24, 2.45) is 5.41 Å². The third-order valence-corrected chi connectivity index (χ3v) is 7.64. The number of benzene rings is 1. The van der Waals surface area contributed by atoms with E-state index >= 15 is 0 Å². The minimum absolute atomic E-state index is 0.0119. The zero-order chi connectivity index (χ0) is 29.8. The van der Waals surface area contributed by atoms with E-state index in [0.29, 0.717) is 30.8 Å². The first-order valence-corrected chi connectivity index (χ1v) is 14.8. The Hall–Kier alpha value is -2.10. The number of carboxylic acid groups (broad SMARTS) is 1. The number of piperidine rings is 1. The number of aliphatic carboxylic acids is 1. The van der Waals surface area contributed by atoms with Crippen LogP contribution in [0.5, 0.6) is 0 Å². The van der Waals surface area contributed by atoms with Crippen molar-refractivity contribution in [3.63, 3.8) is 0 Å². The van der Waals surface area contributed by atoms with Crippen molar-refractivity contribution >= 4 is 36.1 Å². The molecule has 1 saturated heterocycles. The number of thiol groups is 1. The fraction of sp³-hybridized carbons (Fsp3) is 0.700. The summed E-state index contributed by atoms with van der Waals surface area (Å²) in [5.41, 5.74) is 1.05. The van der Waals surface area contributed by atoms with Crippen LogP contribution < -0.4 is 10.2 Å². The molecule has 1 aromatic carbocycles. The lowest BCUT2D eigenvalue weighted by Crippen LogP contribution is -2.52. The molecule has 0 bridgehead atoms. The standard InChI is InChI=1S/C27H43N3O5S.C3H8/c1-18(2)30(21-10-9-11-28-16-21)24(31)22-15-23(20(4)14-19(22)3)29(12-7-8-13-35-6)25(32)27(5,17-36)26(33)34;1-3-2/h14-15,18,21,28,36H,7-13,16-17H2,1-6H3,(H,33,34);3H2,1-2H3. The fourth-order valence-corrected chi connectivity index (χ4v) is 5.04. The molecule has 1 aliphatic rings. The Morgan fingerprint density at radius 3 is 2.31 bits per heavy atom. The summed E-state index contributed by atoms with van der Waals surface area (Å²) < 4.78 is 5.15. The summed E-state index contributed by atoms with van der Waals surface area (Å²) in [6.45, 7) is 16.1. The second-order valence-electron chi connectivity index (χ2n) is 10.9. The van der Waals surface area contributed by atoms with Crippen LogP contribution in [0.1, 0.15) is 88.2 Å². The van der Waals surface area contributed by atoms with Gasteiger partial charge in [-0.2, -0.15) is 12.6 Å². The zero-order valence-electron chi connectivity index (χ0n) is 25.3. The predicted octanol–water partition coefficient (Wildman–Crippen LogP) is 5.10. The number of carboxylic acids is 1. The third kappa shape index (κ3) is 9.22. The first-order valence-electron chi connectivity index (χ1n) is 14.2. The maximum absolute atomic E-state index is 13.9. The molecule has 0 saturated carbocycles. The molecule has 1 aliphatic heterocycles. The molecule has 8 nitrogen and oxygen atoms in total. The predicted molar refractivity (Wildman–Crippen MR) is 162 cm³/mol. The molecule has 222 valence electrons.